The maximum absolute atomic E-state index is 11.8. The lowest BCUT2D eigenvalue weighted by Crippen LogP contribution is -2.24. The van der Waals surface area contributed by atoms with E-state index in [4.69, 9.17) is 10.2 Å². The first-order valence-electron chi connectivity index (χ1n) is 6.06. The van der Waals surface area contributed by atoms with Crippen LogP contribution >= 0.6 is 0 Å². The van der Waals surface area contributed by atoms with Crippen molar-refractivity contribution in [1.82, 2.24) is 4.72 Å². The Morgan fingerprint density at radius 1 is 1.10 bits per heavy atom. The van der Waals surface area contributed by atoms with Gasteiger partial charge in [-0.25, -0.2) is 13.1 Å². The molecular formula is C12H17NO6S. The molecule has 1 aromatic rings. The molecule has 0 radical (unpaired) electrons. The molecule has 0 heterocycles. The van der Waals surface area contributed by atoms with Gasteiger partial charge in [0.2, 0.25) is 10.0 Å². The summed E-state index contributed by atoms with van der Waals surface area (Å²) in [6.07, 6.45) is 1.70. The molecule has 1 rings (SSSR count). The largest absolute Gasteiger partial charge is 0.504 e. The Hall–Kier alpha value is -1.80. The maximum Gasteiger partial charge on any atom is 0.303 e. The number of rotatable bonds is 8. The van der Waals surface area contributed by atoms with Gasteiger partial charge in [0.1, 0.15) is 0 Å². The Bertz CT molecular complexity index is 569. The zero-order valence-corrected chi connectivity index (χ0v) is 11.6. The van der Waals surface area contributed by atoms with Crippen LogP contribution in [0, 0.1) is 0 Å². The molecule has 7 nitrogen and oxygen atoms in total. The molecular weight excluding hydrogens is 286 g/mol. The number of sulfonamides is 1. The van der Waals surface area contributed by atoms with Crippen LogP contribution in [0.4, 0.5) is 0 Å². The molecule has 8 heteroatoms. The lowest BCUT2D eigenvalue weighted by Gasteiger charge is -2.07. The van der Waals surface area contributed by atoms with Gasteiger partial charge in [0, 0.05) is 19.0 Å². The molecule has 0 unspecified atom stereocenters. The Kier molecular flexibility index (Phi) is 5.78. The second-order valence-corrected chi connectivity index (χ2v) is 6.02. The van der Waals surface area contributed by atoms with Gasteiger partial charge in [-0.15, -0.1) is 0 Å². The number of carboxylic acids is 1. The number of carboxylic acid groups (broad SMARTS) is 1. The van der Waals surface area contributed by atoms with E-state index in [1.54, 1.807) is 0 Å². The lowest BCUT2D eigenvalue weighted by atomic mass is 10.2. The van der Waals surface area contributed by atoms with E-state index < -0.39 is 27.5 Å². The summed E-state index contributed by atoms with van der Waals surface area (Å²) in [5.41, 5.74) is 0. The molecule has 0 saturated heterocycles. The Labute approximate surface area is 116 Å². The van der Waals surface area contributed by atoms with E-state index in [1.807, 2.05) is 0 Å². The van der Waals surface area contributed by atoms with Gasteiger partial charge in [0.25, 0.3) is 0 Å². The zero-order chi connectivity index (χ0) is 15.2. The van der Waals surface area contributed by atoms with Crippen molar-refractivity contribution in [3.05, 3.63) is 18.2 Å². The van der Waals surface area contributed by atoms with Crippen molar-refractivity contribution in [2.24, 2.45) is 0 Å². The van der Waals surface area contributed by atoms with Gasteiger partial charge >= 0.3 is 5.97 Å². The highest BCUT2D eigenvalue weighted by molar-refractivity contribution is 7.89. The highest BCUT2D eigenvalue weighted by Crippen LogP contribution is 2.26. The van der Waals surface area contributed by atoms with E-state index in [0.29, 0.717) is 19.3 Å². The summed E-state index contributed by atoms with van der Waals surface area (Å²) in [5.74, 6) is -1.77. The first-order valence-corrected chi connectivity index (χ1v) is 7.54. The number of benzene rings is 1. The van der Waals surface area contributed by atoms with Crippen LogP contribution in [0.2, 0.25) is 0 Å². The number of unbranched alkanes of at least 4 members (excludes halogenated alkanes) is 2. The van der Waals surface area contributed by atoms with Crippen molar-refractivity contribution >= 4 is 16.0 Å². The summed E-state index contributed by atoms with van der Waals surface area (Å²) in [7, 11) is -3.74. The predicted molar refractivity (Wildman–Crippen MR) is 71.1 cm³/mol. The Morgan fingerprint density at radius 2 is 1.80 bits per heavy atom. The van der Waals surface area contributed by atoms with Gasteiger partial charge in [-0.3, -0.25) is 4.79 Å². The van der Waals surface area contributed by atoms with Crippen molar-refractivity contribution in [2.75, 3.05) is 6.54 Å². The first-order chi connectivity index (χ1) is 9.33. The molecule has 0 fully saturated rings. The predicted octanol–water partition coefficient (Wildman–Crippen LogP) is 1.02. The average molecular weight is 303 g/mol. The number of nitrogens with one attached hydrogen (secondary N) is 1. The molecule has 0 atom stereocenters. The minimum atomic E-state index is -3.74. The highest BCUT2D eigenvalue weighted by atomic mass is 32.2. The monoisotopic (exact) mass is 303 g/mol. The quantitative estimate of drug-likeness (QED) is 0.420. The third kappa shape index (κ3) is 5.06. The number of carbonyl (C=O) groups is 1. The van der Waals surface area contributed by atoms with Crippen molar-refractivity contribution in [2.45, 2.75) is 30.6 Å². The molecule has 0 bridgehead atoms. The fraction of sp³-hybridized carbons (Fsp3) is 0.417. The van der Waals surface area contributed by atoms with Gasteiger partial charge in [-0.2, -0.15) is 0 Å². The van der Waals surface area contributed by atoms with E-state index in [0.717, 1.165) is 12.1 Å². The molecule has 0 spiro atoms. The minimum Gasteiger partial charge on any atom is -0.504 e. The smallest absolute Gasteiger partial charge is 0.303 e. The molecule has 0 aliphatic heterocycles. The van der Waals surface area contributed by atoms with Crippen molar-refractivity contribution < 1.29 is 28.5 Å². The highest BCUT2D eigenvalue weighted by Gasteiger charge is 2.15. The van der Waals surface area contributed by atoms with Gasteiger partial charge in [0.15, 0.2) is 11.5 Å². The van der Waals surface area contributed by atoms with Gasteiger partial charge in [-0.05, 0) is 25.0 Å². The maximum atomic E-state index is 11.8. The zero-order valence-electron chi connectivity index (χ0n) is 10.7. The van der Waals surface area contributed by atoms with Crippen molar-refractivity contribution in [3.63, 3.8) is 0 Å². The van der Waals surface area contributed by atoms with Crippen LogP contribution in [-0.2, 0) is 14.8 Å². The summed E-state index contributed by atoms with van der Waals surface area (Å²) in [6.45, 7) is 0.184. The van der Waals surface area contributed by atoms with Gasteiger partial charge in [0.05, 0.1) is 4.90 Å². The van der Waals surface area contributed by atoms with Gasteiger partial charge in [-0.1, -0.05) is 6.42 Å². The molecule has 112 valence electrons. The summed E-state index contributed by atoms with van der Waals surface area (Å²) in [6, 6.07) is 3.24. The second-order valence-electron chi connectivity index (χ2n) is 4.25. The first kappa shape index (κ1) is 16.3. The molecule has 1 aromatic carbocycles. The fourth-order valence-electron chi connectivity index (χ4n) is 1.54. The number of phenols is 2. The van der Waals surface area contributed by atoms with Crippen molar-refractivity contribution in [3.8, 4) is 11.5 Å². The van der Waals surface area contributed by atoms with E-state index in [1.165, 1.54) is 6.07 Å². The summed E-state index contributed by atoms with van der Waals surface area (Å²) in [5, 5.41) is 26.8. The minimum absolute atomic E-state index is 0.0680. The molecule has 0 aliphatic rings. The molecule has 20 heavy (non-hydrogen) atoms. The second kappa shape index (κ2) is 7.11. The summed E-state index contributed by atoms with van der Waals surface area (Å²) < 4.78 is 26.0. The van der Waals surface area contributed by atoms with Crippen molar-refractivity contribution in [1.29, 1.82) is 0 Å². The van der Waals surface area contributed by atoms with Crippen LogP contribution in [0.1, 0.15) is 25.7 Å². The topological polar surface area (TPSA) is 124 Å². The van der Waals surface area contributed by atoms with Crippen LogP contribution in [0.15, 0.2) is 23.1 Å². The standard InChI is InChI=1S/C12H17NO6S/c14-10-6-5-9(8-11(10)15)20(18,19)13-7-3-1-2-4-12(16)17/h5-6,8,13-15H,1-4,7H2,(H,16,17). The van der Waals surface area contributed by atoms with Crippen LogP contribution in [0.5, 0.6) is 11.5 Å². The molecule has 0 amide bonds. The number of aliphatic carboxylic acids is 1. The molecule has 0 saturated carbocycles. The normalized spacial score (nSPS) is 11.4. The number of hydrogen-bond donors (Lipinski definition) is 4. The third-order valence-electron chi connectivity index (χ3n) is 2.62. The number of aromatic hydroxyl groups is 2. The van der Waals surface area contributed by atoms with Crippen LogP contribution in [0.3, 0.4) is 0 Å². The summed E-state index contributed by atoms with van der Waals surface area (Å²) in [4.78, 5) is 10.1. The Balaban J connectivity index is 2.45. The van der Waals surface area contributed by atoms with E-state index in [2.05, 4.69) is 4.72 Å². The Morgan fingerprint density at radius 3 is 2.40 bits per heavy atom. The van der Waals surface area contributed by atoms with Crippen LogP contribution < -0.4 is 4.72 Å². The van der Waals surface area contributed by atoms with E-state index >= 15 is 0 Å². The van der Waals surface area contributed by atoms with Crippen LogP contribution in [-0.4, -0.2) is 36.3 Å². The summed E-state index contributed by atoms with van der Waals surface area (Å²) >= 11 is 0. The number of hydrogen-bond acceptors (Lipinski definition) is 5. The number of phenolic OH excluding ortho intramolecular Hbond substituents is 2. The lowest BCUT2D eigenvalue weighted by molar-refractivity contribution is -0.137. The molecule has 0 aromatic heterocycles. The average Bonchev–Trinajstić information content (AvgIpc) is 2.36. The molecule has 4 N–H and O–H groups in total. The van der Waals surface area contributed by atoms with Crippen LogP contribution in [0.25, 0.3) is 0 Å². The molecule has 0 aliphatic carbocycles. The van der Waals surface area contributed by atoms with E-state index in [-0.39, 0.29) is 17.9 Å². The van der Waals surface area contributed by atoms with Gasteiger partial charge < -0.3 is 15.3 Å². The van der Waals surface area contributed by atoms with E-state index in [9.17, 15) is 18.3 Å². The fourth-order valence-corrected chi connectivity index (χ4v) is 2.63. The SMILES string of the molecule is O=C(O)CCCCCNS(=O)(=O)c1ccc(O)c(O)c1. The third-order valence-corrected chi connectivity index (χ3v) is 4.08.